The highest BCUT2D eigenvalue weighted by molar-refractivity contribution is 5.83. The van der Waals surface area contributed by atoms with Gasteiger partial charge in [0, 0.05) is 13.0 Å². The third-order valence-electron chi connectivity index (χ3n) is 3.63. The minimum absolute atomic E-state index is 0.00221. The average Bonchev–Trinajstić information content (AvgIpc) is 3.03. The molecule has 0 saturated carbocycles. The lowest BCUT2D eigenvalue weighted by Crippen LogP contribution is -2.33. The maximum absolute atomic E-state index is 12.6. The van der Waals surface area contributed by atoms with Crippen LogP contribution in [0.15, 0.2) is 47.1 Å². The molecule has 0 saturated heterocycles. The molecule has 0 aliphatic rings. The van der Waals surface area contributed by atoms with Crippen LogP contribution < -0.4 is 5.32 Å². The van der Waals surface area contributed by atoms with Crippen molar-refractivity contribution < 1.29 is 13.9 Å². The number of benzene rings is 1. The van der Waals surface area contributed by atoms with Gasteiger partial charge in [-0.15, -0.1) is 0 Å². The van der Waals surface area contributed by atoms with Crippen LogP contribution in [0.25, 0.3) is 0 Å². The molecule has 1 aromatic heterocycles. The minimum atomic E-state index is -0.263. The first-order valence-corrected chi connectivity index (χ1v) is 8.04. The lowest BCUT2D eigenvalue weighted by atomic mass is 9.93. The smallest absolute Gasteiger partial charge is 0.228 e. The van der Waals surface area contributed by atoms with E-state index in [1.54, 1.807) is 6.26 Å². The van der Waals surface area contributed by atoms with Gasteiger partial charge in [0.15, 0.2) is 0 Å². The lowest BCUT2D eigenvalue weighted by Gasteiger charge is -2.17. The summed E-state index contributed by atoms with van der Waals surface area (Å²) in [5.41, 5.74) is 2.17. The van der Waals surface area contributed by atoms with Gasteiger partial charge in [-0.05, 0) is 38.5 Å². The van der Waals surface area contributed by atoms with Crippen molar-refractivity contribution in [2.75, 3.05) is 13.2 Å². The van der Waals surface area contributed by atoms with E-state index in [1.807, 2.05) is 57.2 Å². The molecule has 0 radical (unpaired) electrons. The van der Waals surface area contributed by atoms with E-state index in [1.165, 1.54) is 5.56 Å². The highest BCUT2D eigenvalue weighted by atomic mass is 16.5. The number of rotatable bonds is 8. The minimum Gasteiger partial charge on any atom is -0.469 e. The van der Waals surface area contributed by atoms with Gasteiger partial charge in [0.2, 0.25) is 5.91 Å². The van der Waals surface area contributed by atoms with Gasteiger partial charge in [-0.2, -0.15) is 0 Å². The molecule has 0 bridgehead atoms. The SMILES string of the molecule is Cc1ccc(C(Cc2ccco2)C(=O)NCCOC(C)C)cc1. The molecule has 1 atom stereocenters. The third-order valence-corrected chi connectivity index (χ3v) is 3.63. The number of nitrogens with one attached hydrogen (secondary N) is 1. The fourth-order valence-electron chi connectivity index (χ4n) is 2.38. The quantitative estimate of drug-likeness (QED) is 0.759. The van der Waals surface area contributed by atoms with Gasteiger partial charge in [-0.25, -0.2) is 0 Å². The molecule has 1 heterocycles. The Morgan fingerprint density at radius 2 is 1.96 bits per heavy atom. The second-order valence-electron chi connectivity index (χ2n) is 5.96. The Hall–Kier alpha value is -2.07. The number of ether oxygens (including phenoxy) is 1. The van der Waals surface area contributed by atoms with E-state index in [4.69, 9.17) is 9.15 Å². The molecule has 1 N–H and O–H groups in total. The number of hydrogen-bond acceptors (Lipinski definition) is 3. The largest absolute Gasteiger partial charge is 0.469 e. The van der Waals surface area contributed by atoms with Gasteiger partial charge in [0.25, 0.3) is 0 Å². The van der Waals surface area contributed by atoms with Gasteiger partial charge in [0.05, 0.1) is 24.9 Å². The maximum Gasteiger partial charge on any atom is 0.228 e. The highest BCUT2D eigenvalue weighted by Gasteiger charge is 2.22. The zero-order chi connectivity index (χ0) is 16.7. The zero-order valence-corrected chi connectivity index (χ0v) is 14.0. The first-order valence-electron chi connectivity index (χ1n) is 8.04. The third kappa shape index (κ3) is 5.57. The Labute approximate surface area is 137 Å². The first kappa shape index (κ1) is 17.3. The number of carbonyl (C=O) groups excluding carboxylic acids is 1. The molecule has 0 aliphatic heterocycles. The van der Waals surface area contributed by atoms with Crippen molar-refractivity contribution in [1.29, 1.82) is 0 Å². The van der Waals surface area contributed by atoms with E-state index in [9.17, 15) is 4.79 Å². The van der Waals surface area contributed by atoms with Gasteiger partial charge in [-0.1, -0.05) is 29.8 Å². The van der Waals surface area contributed by atoms with Crippen LogP contribution in [0.3, 0.4) is 0 Å². The summed E-state index contributed by atoms with van der Waals surface area (Å²) in [6.45, 7) is 7.03. The van der Waals surface area contributed by atoms with Crippen LogP contribution in [0.1, 0.15) is 36.7 Å². The highest BCUT2D eigenvalue weighted by Crippen LogP contribution is 2.22. The fourth-order valence-corrected chi connectivity index (χ4v) is 2.38. The summed E-state index contributed by atoms with van der Waals surface area (Å²) in [4.78, 5) is 12.6. The number of amides is 1. The van der Waals surface area contributed by atoms with Crippen molar-refractivity contribution in [3.05, 3.63) is 59.5 Å². The van der Waals surface area contributed by atoms with Crippen LogP contribution in [0, 0.1) is 6.92 Å². The molecule has 1 aromatic carbocycles. The van der Waals surface area contributed by atoms with Crippen molar-refractivity contribution in [3.63, 3.8) is 0 Å². The van der Waals surface area contributed by atoms with Crippen LogP contribution in [-0.2, 0) is 16.0 Å². The van der Waals surface area contributed by atoms with Crippen molar-refractivity contribution >= 4 is 5.91 Å². The molecule has 2 aromatic rings. The van der Waals surface area contributed by atoms with E-state index in [-0.39, 0.29) is 17.9 Å². The Morgan fingerprint density at radius 3 is 2.57 bits per heavy atom. The standard InChI is InChI=1S/C19H25NO3/c1-14(2)22-12-10-20-19(21)18(13-17-5-4-11-23-17)16-8-6-15(3)7-9-16/h4-9,11,14,18H,10,12-13H2,1-3H3,(H,20,21). The van der Waals surface area contributed by atoms with Crippen molar-refractivity contribution in [2.45, 2.75) is 39.2 Å². The molecule has 2 rings (SSSR count). The van der Waals surface area contributed by atoms with Crippen molar-refractivity contribution in [1.82, 2.24) is 5.32 Å². The Bertz CT molecular complexity index is 588. The zero-order valence-electron chi connectivity index (χ0n) is 14.0. The van der Waals surface area contributed by atoms with E-state index in [0.29, 0.717) is 19.6 Å². The molecule has 0 fully saturated rings. The van der Waals surface area contributed by atoms with E-state index in [2.05, 4.69) is 5.32 Å². The van der Waals surface area contributed by atoms with E-state index in [0.717, 1.165) is 11.3 Å². The summed E-state index contributed by atoms with van der Waals surface area (Å²) < 4.78 is 10.9. The van der Waals surface area contributed by atoms with Gasteiger partial charge in [0.1, 0.15) is 5.76 Å². The normalized spacial score (nSPS) is 12.3. The molecule has 4 heteroatoms. The van der Waals surface area contributed by atoms with Crippen LogP contribution in [0.5, 0.6) is 0 Å². The second-order valence-corrected chi connectivity index (χ2v) is 5.96. The summed E-state index contributed by atoms with van der Waals surface area (Å²) in [5, 5.41) is 2.96. The van der Waals surface area contributed by atoms with E-state index >= 15 is 0 Å². The number of carbonyl (C=O) groups is 1. The van der Waals surface area contributed by atoms with Crippen molar-refractivity contribution in [2.24, 2.45) is 0 Å². The lowest BCUT2D eigenvalue weighted by molar-refractivity contribution is -0.123. The number of aryl methyl sites for hydroxylation is 1. The molecule has 1 unspecified atom stereocenters. The first-order chi connectivity index (χ1) is 11.1. The summed E-state index contributed by atoms with van der Waals surface area (Å²) in [6.07, 6.45) is 2.35. The molecule has 0 aliphatic carbocycles. The van der Waals surface area contributed by atoms with Gasteiger partial charge >= 0.3 is 0 Å². The second kappa shape index (κ2) is 8.53. The van der Waals surface area contributed by atoms with Gasteiger partial charge < -0.3 is 14.5 Å². The van der Waals surface area contributed by atoms with Crippen LogP contribution in [0.4, 0.5) is 0 Å². The summed E-state index contributed by atoms with van der Waals surface area (Å²) in [7, 11) is 0. The van der Waals surface area contributed by atoms with Crippen LogP contribution in [0.2, 0.25) is 0 Å². The number of hydrogen-bond donors (Lipinski definition) is 1. The Balaban J connectivity index is 2.03. The predicted molar refractivity (Wildman–Crippen MR) is 90.4 cm³/mol. The molecule has 23 heavy (non-hydrogen) atoms. The molecule has 1 amide bonds. The summed E-state index contributed by atoms with van der Waals surface area (Å²) in [5.74, 6) is 0.544. The Morgan fingerprint density at radius 1 is 1.22 bits per heavy atom. The number of furan rings is 1. The summed E-state index contributed by atoms with van der Waals surface area (Å²) in [6, 6.07) is 11.8. The fraction of sp³-hybridized carbons (Fsp3) is 0.421. The molecular weight excluding hydrogens is 290 g/mol. The molecule has 4 nitrogen and oxygen atoms in total. The molecule has 0 spiro atoms. The van der Waals surface area contributed by atoms with Crippen LogP contribution in [-0.4, -0.2) is 25.2 Å². The van der Waals surface area contributed by atoms with Crippen molar-refractivity contribution in [3.8, 4) is 0 Å². The Kier molecular flexibility index (Phi) is 6.41. The molecule has 124 valence electrons. The van der Waals surface area contributed by atoms with E-state index < -0.39 is 0 Å². The predicted octanol–water partition coefficient (Wildman–Crippen LogP) is 3.46. The topological polar surface area (TPSA) is 51.5 Å². The van der Waals surface area contributed by atoms with Crippen LogP contribution >= 0.6 is 0 Å². The average molecular weight is 315 g/mol. The maximum atomic E-state index is 12.6. The monoisotopic (exact) mass is 315 g/mol. The summed E-state index contributed by atoms with van der Waals surface area (Å²) >= 11 is 0. The van der Waals surface area contributed by atoms with Gasteiger partial charge in [-0.3, -0.25) is 4.79 Å². The molecular formula is C19H25NO3.